The van der Waals surface area contributed by atoms with Crippen LogP contribution in [0.2, 0.25) is 0 Å². The first-order valence-electron chi connectivity index (χ1n) is 6.03. The summed E-state index contributed by atoms with van der Waals surface area (Å²) in [5, 5.41) is 9.24. The summed E-state index contributed by atoms with van der Waals surface area (Å²) >= 11 is 0. The SMILES string of the molecule is N#CC(C(N)=O)C(c1ccccc1)c1ccccc1. The predicted octanol–water partition coefficient (Wildman–Crippen LogP) is 2.44. The lowest BCUT2D eigenvalue weighted by molar-refractivity contribution is -0.120. The van der Waals surface area contributed by atoms with Crippen molar-refractivity contribution < 1.29 is 4.79 Å². The maximum absolute atomic E-state index is 11.5. The molecule has 1 unspecified atom stereocenters. The summed E-state index contributed by atoms with van der Waals surface area (Å²) in [6, 6.07) is 21.0. The van der Waals surface area contributed by atoms with Crippen LogP contribution in [0.25, 0.3) is 0 Å². The van der Waals surface area contributed by atoms with Crippen LogP contribution in [-0.4, -0.2) is 5.91 Å². The van der Waals surface area contributed by atoms with Crippen molar-refractivity contribution >= 4 is 5.91 Å². The Morgan fingerprint density at radius 2 is 1.37 bits per heavy atom. The number of nitriles is 1. The van der Waals surface area contributed by atoms with Crippen molar-refractivity contribution in [3.63, 3.8) is 0 Å². The lowest BCUT2D eigenvalue weighted by atomic mass is 9.81. The average Bonchev–Trinajstić information content (AvgIpc) is 2.46. The number of carbonyl (C=O) groups excluding carboxylic acids is 1. The van der Waals surface area contributed by atoms with Crippen molar-refractivity contribution in [1.82, 2.24) is 0 Å². The van der Waals surface area contributed by atoms with Gasteiger partial charge in [0.05, 0.1) is 6.07 Å². The van der Waals surface area contributed by atoms with E-state index in [1.807, 2.05) is 66.7 Å². The highest BCUT2D eigenvalue weighted by Gasteiger charge is 2.29. The van der Waals surface area contributed by atoms with Crippen LogP contribution < -0.4 is 5.73 Å². The molecule has 3 heteroatoms. The minimum Gasteiger partial charge on any atom is -0.369 e. The summed E-state index contributed by atoms with van der Waals surface area (Å²) in [6.07, 6.45) is 0. The van der Waals surface area contributed by atoms with Crippen molar-refractivity contribution in [2.24, 2.45) is 11.7 Å². The first kappa shape index (κ1) is 12.8. The maximum Gasteiger partial charge on any atom is 0.235 e. The highest BCUT2D eigenvalue weighted by Crippen LogP contribution is 2.31. The second-order valence-corrected chi connectivity index (χ2v) is 4.31. The number of benzene rings is 2. The Labute approximate surface area is 112 Å². The Hall–Kier alpha value is -2.60. The molecule has 1 atom stereocenters. The highest BCUT2D eigenvalue weighted by atomic mass is 16.1. The van der Waals surface area contributed by atoms with Gasteiger partial charge in [0.2, 0.25) is 5.91 Å². The van der Waals surface area contributed by atoms with Gasteiger partial charge >= 0.3 is 0 Å². The number of carbonyl (C=O) groups is 1. The van der Waals surface area contributed by atoms with Crippen molar-refractivity contribution in [1.29, 1.82) is 5.26 Å². The molecule has 0 aromatic heterocycles. The molecule has 2 aromatic rings. The van der Waals surface area contributed by atoms with E-state index in [1.54, 1.807) is 0 Å². The summed E-state index contributed by atoms with van der Waals surface area (Å²) < 4.78 is 0. The molecule has 19 heavy (non-hydrogen) atoms. The van der Waals surface area contributed by atoms with Gasteiger partial charge in [0.25, 0.3) is 0 Å². The molecule has 0 bridgehead atoms. The molecule has 0 aliphatic carbocycles. The Kier molecular flexibility index (Phi) is 3.94. The van der Waals surface area contributed by atoms with Gasteiger partial charge in [0.1, 0.15) is 5.92 Å². The molecule has 2 N–H and O–H groups in total. The fraction of sp³-hybridized carbons (Fsp3) is 0.125. The fourth-order valence-corrected chi connectivity index (χ4v) is 2.20. The number of hydrogen-bond donors (Lipinski definition) is 1. The van der Waals surface area contributed by atoms with Crippen molar-refractivity contribution in [3.8, 4) is 6.07 Å². The van der Waals surface area contributed by atoms with Gasteiger partial charge in [0, 0.05) is 5.92 Å². The smallest absolute Gasteiger partial charge is 0.235 e. The van der Waals surface area contributed by atoms with Gasteiger partial charge in [-0.15, -0.1) is 0 Å². The van der Waals surface area contributed by atoms with Crippen LogP contribution in [0, 0.1) is 17.2 Å². The summed E-state index contributed by atoms with van der Waals surface area (Å²) in [5.41, 5.74) is 7.19. The molecule has 0 aliphatic heterocycles. The van der Waals surface area contributed by atoms with Crippen LogP contribution in [0.1, 0.15) is 17.0 Å². The lowest BCUT2D eigenvalue weighted by Crippen LogP contribution is -2.28. The van der Waals surface area contributed by atoms with Crippen molar-refractivity contribution in [3.05, 3.63) is 71.8 Å². The minimum absolute atomic E-state index is 0.329. The second-order valence-electron chi connectivity index (χ2n) is 4.31. The quantitative estimate of drug-likeness (QED) is 0.905. The zero-order valence-electron chi connectivity index (χ0n) is 10.4. The monoisotopic (exact) mass is 250 g/mol. The number of hydrogen-bond acceptors (Lipinski definition) is 2. The van der Waals surface area contributed by atoms with Crippen LogP contribution in [0.5, 0.6) is 0 Å². The van der Waals surface area contributed by atoms with E-state index in [0.29, 0.717) is 0 Å². The van der Waals surface area contributed by atoms with E-state index in [4.69, 9.17) is 5.73 Å². The molecular formula is C16H14N2O. The topological polar surface area (TPSA) is 66.9 Å². The molecule has 2 aromatic carbocycles. The average molecular weight is 250 g/mol. The zero-order chi connectivity index (χ0) is 13.7. The van der Waals surface area contributed by atoms with E-state index in [-0.39, 0.29) is 5.92 Å². The molecule has 0 aliphatic rings. The van der Waals surface area contributed by atoms with Gasteiger partial charge in [-0.1, -0.05) is 60.7 Å². The molecule has 2 rings (SSSR count). The molecule has 0 spiro atoms. The predicted molar refractivity (Wildman–Crippen MR) is 73.0 cm³/mol. The molecule has 0 radical (unpaired) electrons. The standard InChI is InChI=1S/C16H14N2O/c17-11-14(16(18)19)15(12-7-3-1-4-8-12)13-9-5-2-6-10-13/h1-10,14-15H,(H2,18,19). The summed E-state index contributed by atoms with van der Waals surface area (Å²) in [4.78, 5) is 11.5. The number of rotatable bonds is 4. The first-order valence-corrected chi connectivity index (χ1v) is 6.03. The van der Waals surface area contributed by atoms with E-state index >= 15 is 0 Å². The Morgan fingerprint density at radius 3 is 1.68 bits per heavy atom. The van der Waals surface area contributed by atoms with Crippen LogP contribution in [0.3, 0.4) is 0 Å². The van der Waals surface area contributed by atoms with Gasteiger partial charge < -0.3 is 5.73 Å². The van der Waals surface area contributed by atoms with Gasteiger partial charge in [-0.3, -0.25) is 4.79 Å². The molecule has 0 heterocycles. The molecule has 3 nitrogen and oxygen atoms in total. The first-order chi connectivity index (χ1) is 9.24. The van der Waals surface area contributed by atoms with Crippen LogP contribution in [-0.2, 0) is 4.79 Å². The summed E-state index contributed by atoms with van der Waals surface area (Å²) in [5.74, 6) is -1.80. The largest absolute Gasteiger partial charge is 0.369 e. The summed E-state index contributed by atoms with van der Waals surface area (Å²) in [6.45, 7) is 0. The highest BCUT2D eigenvalue weighted by molar-refractivity contribution is 5.81. The Morgan fingerprint density at radius 1 is 0.947 bits per heavy atom. The van der Waals surface area contributed by atoms with Crippen LogP contribution in [0.4, 0.5) is 0 Å². The normalized spacial score (nSPS) is 11.8. The number of amides is 1. The second kappa shape index (κ2) is 5.83. The molecule has 0 saturated carbocycles. The van der Waals surface area contributed by atoms with E-state index in [1.165, 1.54) is 0 Å². The van der Waals surface area contributed by atoms with Crippen molar-refractivity contribution in [2.75, 3.05) is 0 Å². The van der Waals surface area contributed by atoms with E-state index in [0.717, 1.165) is 11.1 Å². The third-order valence-electron chi connectivity index (χ3n) is 3.10. The maximum atomic E-state index is 11.5. The molecule has 0 saturated heterocycles. The molecule has 0 fully saturated rings. The van der Waals surface area contributed by atoms with E-state index in [2.05, 4.69) is 0 Å². The molecule has 94 valence electrons. The number of primary amides is 1. The van der Waals surface area contributed by atoms with Crippen molar-refractivity contribution in [2.45, 2.75) is 5.92 Å². The van der Waals surface area contributed by atoms with Gasteiger partial charge in [-0.05, 0) is 11.1 Å². The molecular weight excluding hydrogens is 236 g/mol. The van der Waals surface area contributed by atoms with Crippen LogP contribution in [0.15, 0.2) is 60.7 Å². The van der Waals surface area contributed by atoms with Gasteiger partial charge in [-0.2, -0.15) is 5.26 Å². The third-order valence-corrected chi connectivity index (χ3v) is 3.10. The van der Waals surface area contributed by atoms with E-state index < -0.39 is 11.8 Å². The lowest BCUT2D eigenvalue weighted by Gasteiger charge is -2.20. The third kappa shape index (κ3) is 2.80. The number of nitrogens with zero attached hydrogens (tertiary/aromatic N) is 1. The van der Waals surface area contributed by atoms with Crippen LogP contribution >= 0.6 is 0 Å². The summed E-state index contributed by atoms with van der Waals surface area (Å²) in [7, 11) is 0. The van der Waals surface area contributed by atoms with Gasteiger partial charge in [0.15, 0.2) is 0 Å². The Bertz CT molecular complexity index is 548. The number of nitrogens with two attached hydrogens (primary N) is 1. The van der Waals surface area contributed by atoms with E-state index in [9.17, 15) is 10.1 Å². The zero-order valence-corrected chi connectivity index (χ0v) is 10.4. The van der Waals surface area contributed by atoms with Gasteiger partial charge in [-0.25, -0.2) is 0 Å². The fourth-order valence-electron chi connectivity index (χ4n) is 2.20. The molecule has 1 amide bonds. The Balaban J connectivity index is 2.52. The minimum atomic E-state index is -0.871.